The lowest BCUT2D eigenvalue weighted by Crippen LogP contribution is -2.10. The van der Waals surface area contributed by atoms with Crippen LogP contribution < -0.4 is 0 Å². The summed E-state index contributed by atoms with van der Waals surface area (Å²) in [6.45, 7) is 2.69. The van der Waals surface area contributed by atoms with Gasteiger partial charge in [0, 0.05) is 0 Å². The Hall–Kier alpha value is -0.790. The molecule has 0 aliphatic heterocycles. The fourth-order valence-corrected chi connectivity index (χ4v) is 1.79. The predicted molar refractivity (Wildman–Crippen MR) is 57.0 cm³/mol. The molecule has 0 bridgehead atoms. The quantitative estimate of drug-likeness (QED) is 0.499. The van der Waals surface area contributed by atoms with E-state index in [-0.39, 0.29) is 5.97 Å². The SMILES string of the molecule is CC/C=C\CC(=O)OCC1CCCC1. The predicted octanol–water partition coefficient (Wildman–Crippen LogP) is 3.08. The highest BCUT2D eigenvalue weighted by atomic mass is 16.5. The Balaban J connectivity index is 2.05. The molecule has 1 rings (SSSR count). The Morgan fingerprint density at radius 2 is 2.07 bits per heavy atom. The fraction of sp³-hybridized carbons (Fsp3) is 0.750. The van der Waals surface area contributed by atoms with E-state index in [1.165, 1.54) is 25.7 Å². The summed E-state index contributed by atoms with van der Waals surface area (Å²) in [6.07, 6.45) is 10.4. The molecule has 0 unspecified atom stereocenters. The molecule has 0 heterocycles. The van der Waals surface area contributed by atoms with Gasteiger partial charge in [-0.25, -0.2) is 0 Å². The third-order valence-electron chi connectivity index (χ3n) is 2.64. The molecule has 0 spiro atoms. The van der Waals surface area contributed by atoms with Crippen molar-refractivity contribution in [2.45, 2.75) is 45.4 Å². The van der Waals surface area contributed by atoms with Gasteiger partial charge in [-0.05, 0) is 25.2 Å². The second-order valence-electron chi connectivity index (χ2n) is 3.92. The summed E-state index contributed by atoms with van der Waals surface area (Å²) >= 11 is 0. The van der Waals surface area contributed by atoms with Crippen LogP contribution in [0.4, 0.5) is 0 Å². The van der Waals surface area contributed by atoms with Crippen molar-refractivity contribution < 1.29 is 9.53 Å². The van der Waals surface area contributed by atoms with Crippen molar-refractivity contribution in [3.8, 4) is 0 Å². The third kappa shape index (κ3) is 4.45. The number of hydrogen-bond acceptors (Lipinski definition) is 2. The first-order chi connectivity index (χ1) is 6.83. The zero-order valence-electron chi connectivity index (χ0n) is 9.00. The van der Waals surface area contributed by atoms with E-state index in [9.17, 15) is 4.79 Å². The molecular weight excluding hydrogens is 176 g/mol. The van der Waals surface area contributed by atoms with Gasteiger partial charge in [-0.15, -0.1) is 0 Å². The highest BCUT2D eigenvalue weighted by molar-refractivity contribution is 5.71. The average Bonchev–Trinajstić information content (AvgIpc) is 2.68. The van der Waals surface area contributed by atoms with Crippen LogP contribution in [0.5, 0.6) is 0 Å². The second kappa shape index (κ2) is 6.63. The highest BCUT2D eigenvalue weighted by Gasteiger charge is 2.16. The van der Waals surface area contributed by atoms with Crippen LogP contribution in [-0.4, -0.2) is 12.6 Å². The van der Waals surface area contributed by atoms with Gasteiger partial charge in [0.1, 0.15) is 0 Å². The van der Waals surface area contributed by atoms with Crippen molar-refractivity contribution in [1.82, 2.24) is 0 Å². The topological polar surface area (TPSA) is 26.3 Å². The first-order valence-corrected chi connectivity index (χ1v) is 5.63. The molecule has 2 nitrogen and oxygen atoms in total. The van der Waals surface area contributed by atoms with Gasteiger partial charge >= 0.3 is 5.97 Å². The molecule has 0 aromatic rings. The summed E-state index contributed by atoms with van der Waals surface area (Å²) in [7, 11) is 0. The molecule has 0 N–H and O–H groups in total. The minimum atomic E-state index is -0.0819. The Bertz CT molecular complexity index is 190. The van der Waals surface area contributed by atoms with Crippen molar-refractivity contribution in [1.29, 1.82) is 0 Å². The van der Waals surface area contributed by atoms with Crippen LogP contribution in [0.25, 0.3) is 0 Å². The van der Waals surface area contributed by atoms with E-state index in [4.69, 9.17) is 4.74 Å². The summed E-state index contributed by atoms with van der Waals surface area (Å²) in [5.74, 6) is 0.552. The first kappa shape index (κ1) is 11.3. The van der Waals surface area contributed by atoms with E-state index in [1.807, 2.05) is 12.2 Å². The maximum Gasteiger partial charge on any atom is 0.309 e. The van der Waals surface area contributed by atoms with Gasteiger partial charge in [0.05, 0.1) is 13.0 Å². The van der Waals surface area contributed by atoms with E-state index >= 15 is 0 Å². The first-order valence-electron chi connectivity index (χ1n) is 5.63. The minimum Gasteiger partial charge on any atom is -0.465 e. The molecule has 0 radical (unpaired) electrons. The number of allylic oxidation sites excluding steroid dienone is 1. The lowest BCUT2D eigenvalue weighted by molar-refractivity contribution is -0.143. The summed E-state index contributed by atoms with van der Waals surface area (Å²) in [6, 6.07) is 0. The van der Waals surface area contributed by atoms with Crippen LogP contribution >= 0.6 is 0 Å². The molecular formula is C12H20O2. The van der Waals surface area contributed by atoms with Gasteiger partial charge in [0.2, 0.25) is 0 Å². The molecule has 0 atom stereocenters. The van der Waals surface area contributed by atoms with Crippen molar-refractivity contribution in [3.05, 3.63) is 12.2 Å². The monoisotopic (exact) mass is 196 g/mol. The standard InChI is InChI=1S/C12H20O2/c1-2-3-4-9-12(13)14-10-11-7-5-6-8-11/h3-4,11H,2,5-10H2,1H3/b4-3-. The summed E-state index contributed by atoms with van der Waals surface area (Å²) in [5.41, 5.74) is 0. The summed E-state index contributed by atoms with van der Waals surface area (Å²) in [4.78, 5) is 11.2. The van der Waals surface area contributed by atoms with E-state index < -0.39 is 0 Å². The van der Waals surface area contributed by atoms with Gasteiger partial charge in [-0.1, -0.05) is 31.9 Å². The molecule has 1 saturated carbocycles. The number of ether oxygens (including phenoxy) is 1. The summed E-state index contributed by atoms with van der Waals surface area (Å²) in [5, 5.41) is 0. The molecule has 0 aromatic carbocycles. The van der Waals surface area contributed by atoms with E-state index in [0.717, 1.165) is 6.42 Å². The van der Waals surface area contributed by atoms with Crippen LogP contribution in [0, 0.1) is 5.92 Å². The Labute approximate surface area is 86.3 Å². The van der Waals surface area contributed by atoms with Crippen LogP contribution in [0.15, 0.2) is 12.2 Å². The lowest BCUT2D eigenvalue weighted by atomic mass is 10.1. The maximum absolute atomic E-state index is 11.2. The van der Waals surface area contributed by atoms with Crippen LogP contribution in [-0.2, 0) is 9.53 Å². The zero-order chi connectivity index (χ0) is 10.2. The number of carbonyl (C=O) groups is 1. The molecule has 80 valence electrons. The lowest BCUT2D eigenvalue weighted by Gasteiger charge is -2.08. The van der Waals surface area contributed by atoms with Gasteiger partial charge in [-0.2, -0.15) is 0 Å². The van der Waals surface area contributed by atoms with Crippen molar-refractivity contribution in [2.24, 2.45) is 5.92 Å². The van der Waals surface area contributed by atoms with Gasteiger partial charge in [0.15, 0.2) is 0 Å². The smallest absolute Gasteiger partial charge is 0.309 e. The van der Waals surface area contributed by atoms with E-state index in [2.05, 4.69) is 6.92 Å². The molecule has 0 amide bonds. The minimum absolute atomic E-state index is 0.0819. The van der Waals surface area contributed by atoms with E-state index in [0.29, 0.717) is 18.9 Å². The maximum atomic E-state index is 11.2. The molecule has 2 heteroatoms. The van der Waals surface area contributed by atoms with Crippen LogP contribution in [0.1, 0.15) is 45.4 Å². The van der Waals surface area contributed by atoms with Crippen LogP contribution in [0.2, 0.25) is 0 Å². The number of carbonyl (C=O) groups excluding carboxylic acids is 1. The molecule has 1 aliphatic carbocycles. The van der Waals surface area contributed by atoms with Gasteiger partial charge in [-0.3, -0.25) is 4.79 Å². The Kier molecular flexibility index (Phi) is 5.35. The third-order valence-corrected chi connectivity index (χ3v) is 2.64. The van der Waals surface area contributed by atoms with Gasteiger partial charge in [0.25, 0.3) is 0 Å². The molecule has 14 heavy (non-hydrogen) atoms. The normalized spacial score (nSPS) is 17.8. The zero-order valence-corrected chi connectivity index (χ0v) is 9.00. The van der Waals surface area contributed by atoms with E-state index in [1.54, 1.807) is 0 Å². The largest absolute Gasteiger partial charge is 0.465 e. The summed E-state index contributed by atoms with van der Waals surface area (Å²) < 4.78 is 5.18. The van der Waals surface area contributed by atoms with Crippen molar-refractivity contribution in [2.75, 3.05) is 6.61 Å². The van der Waals surface area contributed by atoms with Crippen LogP contribution in [0.3, 0.4) is 0 Å². The van der Waals surface area contributed by atoms with Crippen molar-refractivity contribution >= 4 is 5.97 Å². The number of rotatable bonds is 5. The Morgan fingerprint density at radius 1 is 1.36 bits per heavy atom. The van der Waals surface area contributed by atoms with Crippen molar-refractivity contribution in [3.63, 3.8) is 0 Å². The van der Waals surface area contributed by atoms with Gasteiger partial charge < -0.3 is 4.74 Å². The number of hydrogen-bond donors (Lipinski definition) is 0. The fourth-order valence-electron chi connectivity index (χ4n) is 1.79. The highest BCUT2D eigenvalue weighted by Crippen LogP contribution is 2.24. The molecule has 0 saturated heterocycles. The number of esters is 1. The second-order valence-corrected chi connectivity index (χ2v) is 3.92. The molecule has 1 aliphatic rings. The Morgan fingerprint density at radius 3 is 2.71 bits per heavy atom. The molecule has 0 aromatic heterocycles. The average molecular weight is 196 g/mol. The molecule has 1 fully saturated rings.